The van der Waals surface area contributed by atoms with Crippen LogP contribution in [-0.4, -0.2) is 19.8 Å². The van der Waals surface area contributed by atoms with Gasteiger partial charge in [-0.15, -0.1) is 10.2 Å². The molecule has 0 aliphatic heterocycles. The fraction of sp³-hybridized carbons (Fsp3) is 0.182. The number of nitrogen functional groups attached to an aromatic ring is 1. The highest BCUT2D eigenvalue weighted by Gasteiger charge is 2.09. The molecule has 17 heavy (non-hydrogen) atoms. The topological polar surface area (TPSA) is 69.1 Å². The van der Waals surface area contributed by atoms with Crippen LogP contribution in [0.5, 0.6) is 0 Å². The second-order valence-corrected chi connectivity index (χ2v) is 4.85. The molecule has 0 saturated carbocycles. The van der Waals surface area contributed by atoms with Crippen molar-refractivity contribution in [1.29, 1.82) is 0 Å². The molecule has 0 aliphatic rings. The van der Waals surface area contributed by atoms with Crippen LogP contribution in [0, 0.1) is 6.92 Å². The third-order valence-electron chi connectivity index (χ3n) is 2.59. The summed E-state index contributed by atoms with van der Waals surface area (Å²) in [7, 11) is 0. The van der Waals surface area contributed by atoms with Crippen molar-refractivity contribution < 1.29 is 0 Å². The third-order valence-corrected chi connectivity index (χ3v) is 3.48. The number of aromatic nitrogens is 4. The largest absolute Gasteiger partial charge is 0.398 e. The van der Waals surface area contributed by atoms with Crippen molar-refractivity contribution in [3.8, 4) is 0 Å². The van der Waals surface area contributed by atoms with Gasteiger partial charge in [0.2, 0.25) is 4.96 Å². The molecule has 2 heterocycles. The summed E-state index contributed by atoms with van der Waals surface area (Å²) in [5.74, 6) is 0.809. The standard InChI is InChI=1S/C11H11N5S/c1-7-13-14-11-16(7)15-10(17-11)6-8-4-2-3-5-9(8)12/h2-5H,6,12H2,1H3. The maximum atomic E-state index is 5.91. The lowest BCUT2D eigenvalue weighted by Gasteiger charge is -2.01. The van der Waals surface area contributed by atoms with Crippen molar-refractivity contribution in [1.82, 2.24) is 19.8 Å². The van der Waals surface area contributed by atoms with Gasteiger partial charge in [-0.3, -0.25) is 0 Å². The average molecular weight is 245 g/mol. The summed E-state index contributed by atoms with van der Waals surface area (Å²) in [5.41, 5.74) is 7.80. The molecule has 6 heteroatoms. The van der Waals surface area contributed by atoms with Gasteiger partial charge in [-0.1, -0.05) is 29.5 Å². The first-order valence-corrected chi connectivity index (χ1v) is 6.07. The Balaban J connectivity index is 1.97. The number of hydrogen-bond donors (Lipinski definition) is 1. The van der Waals surface area contributed by atoms with Crippen molar-refractivity contribution in [2.45, 2.75) is 13.3 Å². The quantitative estimate of drug-likeness (QED) is 0.697. The zero-order valence-corrected chi connectivity index (χ0v) is 10.1. The molecule has 0 unspecified atom stereocenters. The Hall–Kier alpha value is -1.95. The van der Waals surface area contributed by atoms with Crippen LogP contribution in [0.2, 0.25) is 0 Å². The van der Waals surface area contributed by atoms with Crippen molar-refractivity contribution in [3.05, 3.63) is 40.7 Å². The zero-order chi connectivity index (χ0) is 11.8. The van der Waals surface area contributed by atoms with Gasteiger partial charge < -0.3 is 5.73 Å². The number of hydrogen-bond acceptors (Lipinski definition) is 5. The number of aryl methyl sites for hydroxylation is 1. The lowest BCUT2D eigenvalue weighted by atomic mass is 10.1. The van der Waals surface area contributed by atoms with E-state index in [1.54, 1.807) is 15.9 Å². The predicted octanol–water partition coefficient (Wildman–Crippen LogP) is 1.67. The fourth-order valence-electron chi connectivity index (χ4n) is 1.68. The summed E-state index contributed by atoms with van der Waals surface area (Å²) in [6, 6.07) is 7.84. The molecule has 0 fully saturated rings. The fourth-order valence-corrected chi connectivity index (χ4v) is 2.59. The highest BCUT2D eigenvalue weighted by molar-refractivity contribution is 7.16. The number of fused-ring (bicyclic) bond motifs is 1. The van der Waals surface area contributed by atoms with Gasteiger partial charge in [0.1, 0.15) is 5.01 Å². The first kappa shape index (κ1) is 10.2. The summed E-state index contributed by atoms with van der Waals surface area (Å²) < 4.78 is 1.76. The van der Waals surface area contributed by atoms with E-state index in [2.05, 4.69) is 15.3 Å². The highest BCUT2D eigenvalue weighted by Crippen LogP contribution is 2.20. The van der Waals surface area contributed by atoms with E-state index in [0.717, 1.165) is 33.5 Å². The Labute approximate surface area is 102 Å². The number of nitrogens with two attached hydrogens (primary N) is 1. The number of para-hydroxylation sites is 1. The molecular weight excluding hydrogens is 234 g/mol. The maximum absolute atomic E-state index is 5.91. The molecule has 0 aliphatic carbocycles. The molecule has 0 amide bonds. The van der Waals surface area contributed by atoms with E-state index in [1.165, 1.54) is 0 Å². The molecule has 3 aromatic rings. The van der Waals surface area contributed by atoms with E-state index in [-0.39, 0.29) is 0 Å². The number of nitrogens with zero attached hydrogens (tertiary/aromatic N) is 4. The molecule has 86 valence electrons. The normalized spacial score (nSPS) is 11.1. The van der Waals surface area contributed by atoms with Crippen LogP contribution in [-0.2, 0) is 6.42 Å². The molecule has 5 nitrogen and oxygen atoms in total. The summed E-state index contributed by atoms with van der Waals surface area (Å²) >= 11 is 1.54. The summed E-state index contributed by atoms with van der Waals surface area (Å²) in [6.45, 7) is 1.89. The van der Waals surface area contributed by atoms with Crippen LogP contribution in [0.1, 0.15) is 16.4 Å². The van der Waals surface area contributed by atoms with E-state index in [1.807, 2.05) is 31.2 Å². The number of benzene rings is 1. The van der Waals surface area contributed by atoms with Gasteiger partial charge in [0.25, 0.3) is 0 Å². The van der Waals surface area contributed by atoms with E-state index in [4.69, 9.17) is 5.73 Å². The molecule has 0 saturated heterocycles. The summed E-state index contributed by atoms with van der Waals surface area (Å²) in [6.07, 6.45) is 0.736. The monoisotopic (exact) mass is 245 g/mol. The molecule has 1 aromatic carbocycles. The van der Waals surface area contributed by atoms with Gasteiger partial charge in [0.05, 0.1) is 0 Å². The van der Waals surface area contributed by atoms with Gasteiger partial charge in [-0.05, 0) is 18.6 Å². The molecule has 0 spiro atoms. The smallest absolute Gasteiger partial charge is 0.234 e. The van der Waals surface area contributed by atoms with Crippen LogP contribution in [0.15, 0.2) is 24.3 Å². The molecular formula is C11H11N5S. The Bertz CT molecular complexity index is 669. The average Bonchev–Trinajstić information content (AvgIpc) is 2.85. The molecule has 2 N–H and O–H groups in total. The van der Waals surface area contributed by atoms with Crippen LogP contribution in [0.25, 0.3) is 4.96 Å². The first-order chi connectivity index (χ1) is 8.24. The minimum absolute atomic E-state index is 0.736. The van der Waals surface area contributed by atoms with Gasteiger partial charge in [-0.2, -0.15) is 9.61 Å². The van der Waals surface area contributed by atoms with Crippen molar-refractivity contribution in [2.24, 2.45) is 0 Å². The SMILES string of the molecule is Cc1nnc2sc(Cc3ccccc3N)nn12. The summed E-state index contributed by atoms with van der Waals surface area (Å²) in [5, 5.41) is 13.5. The third kappa shape index (κ3) is 1.76. The second kappa shape index (κ2) is 3.81. The molecule has 0 bridgehead atoms. The lowest BCUT2D eigenvalue weighted by molar-refractivity contribution is 0.864. The Morgan fingerprint density at radius 3 is 2.88 bits per heavy atom. The van der Waals surface area contributed by atoms with Gasteiger partial charge in [0.15, 0.2) is 5.82 Å². The molecule has 0 atom stereocenters. The van der Waals surface area contributed by atoms with Crippen LogP contribution in [0.4, 0.5) is 5.69 Å². The van der Waals surface area contributed by atoms with Gasteiger partial charge in [-0.25, -0.2) is 0 Å². The highest BCUT2D eigenvalue weighted by atomic mass is 32.1. The predicted molar refractivity (Wildman–Crippen MR) is 67.1 cm³/mol. The van der Waals surface area contributed by atoms with Crippen LogP contribution in [0.3, 0.4) is 0 Å². The van der Waals surface area contributed by atoms with Crippen molar-refractivity contribution >= 4 is 22.0 Å². The Morgan fingerprint density at radius 2 is 2.12 bits per heavy atom. The van der Waals surface area contributed by atoms with E-state index < -0.39 is 0 Å². The Kier molecular flexibility index (Phi) is 2.29. The van der Waals surface area contributed by atoms with Crippen LogP contribution < -0.4 is 5.73 Å². The second-order valence-electron chi connectivity index (χ2n) is 3.81. The molecule has 2 aromatic heterocycles. The maximum Gasteiger partial charge on any atom is 0.234 e. The van der Waals surface area contributed by atoms with E-state index in [9.17, 15) is 0 Å². The Morgan fingerprint density at radius 1 is 1.29 bits per heavy atom. The van der Waals surface area contributed by atoms with Crippen molar-refractivity contribution in [2.75, 3.05) is 5.73 Å². The van der Waals surface area contributed by atoms with E-state index in [0.29, 0.717) is 0 Å². The number of rotatable bonds is 2. The molecule has 3 rings (SSSR count). The minimum Gasteiger partial charge on any atom is -0.398 e. The summed E-state index contributed by atoms with van der Waals surface area (Å²) in [4.78, 5) is 0.826. The zero-order valence-electron chi connectivity index (χ0n) is 9.29. The molecule has 0 radical (unpaired) electrons. The lowest BCUT2D eigenvalue weighted by Crippen LogP contribution is -1.96. The van der Waals surface area contributed by atoms with Crippen molar-refractivity contribution in [3.63, 3.8) is 0 Å². The van der Waals surface area contributed by atoms with Gasteiger partial charge >= 0.3 is 0 Å². The first-order valence-electron chi connectivity index (χ1n) is 5.25. The minimum atomic E-state index is 0.736. The van der Waals surface area contributed by atoms with Crippen LogP contribution >= 0.6 is 11.3 Å². The number of anilines is 1. The van der Waals surface area contributed by atoms with Gasteiger partial charge in [0, 0.05) is 12.1 Å². The van der Waals surface area contributed by atoms with E-state index >= 15 is 0 Å².